The van der Waals surface area contributed by atoms with Gasteiger partial charge in [0.15, 0.2) is 0 Å². The fourth-order valence-corrected chi connectivity index (χ4v) is 2.24. The molecule has 0 aliphatic carbocycles. The summed E-state index contributed by atoms with van der Waals surface area (Å²) in [6.45, 7) is 3.96. The molecular formula is C12H26N4O. The van der Waals surface area contributed by atoms with Gasteiger partial charge in [0.25, 0.3) is 0 Å². The maximum atomic E-state index is 11.9. The molecule has 1 fully saturated rings. The Bertz CT molecular complexity index is 237. The first-order chi connectivity index (χ1) is 8.04. The van der Waals surface area contributed by atoms with E-state index in [1.54, 1.807) is 0 Å². The highest BCUT2D eigenvalue weighted by molar-refractivity contribution is 5.78. The highest BCUT2D eigenvalue weighted by Crippen LogP contribution is 2.15. The van der Waals surface area contributed by atoms with Gasteiger partial charge in [-0.25, -0.2) is 0 Å². The van der Waals surface area contributed by atoms with Crippen LogP contribution in [0.15, 0.2) is 0 Å². The molecule has 1 aliphatic heterocycles. The van der Waals surface area contributed by atoms with E-state index in [0.29, 0.717) is 6.04 Å². The third kappa shape index (κ3) is 4.61. The van der Waals surface area contributed by atoms with Gasteiger partial charge in [0.05, 0.1) is 6.54 Å². The van der Waals surface area contributed by atoms with Crippen LogP contribution in [0.2, 0.25) is 0 Å². The van der Waals surface area contributed by atoms with Crippen molar-refractivity contribution >= 4 is 5.91 Å². The first kappa shape index (κ1) is 14.4. The van der Waals surface area contributed by atoms with Crippen molar-refractivity contribution in [2.45, 2.75) is 18.9 Å². The number of likely N-dealkylation sites (tertiary alicyclic amines) is 1. The number of hydrogen-bond acceptors (Lipinski definition) is 4. The Hall–Kier alpha value is -0.650. The van der Waals surface area contributed by atoms with Gasteiger partial charge in [-0.3, -0.25) is 4.79 Å². The third-order valence-corrected chi connectivity index (χ3v) is 3.41. The zero-order chi connectivity index (χ0) is 12.8. The van der Waals surface area contributed by atoms with Gasteiger partial charge in [0.2, 0.25) is 5.91 Å². The number of rotatable bonds is 5. The lowest BCUT2D eigenvalue weighted by Crippen LogP contribution is -2.50. The van der Waals surface area contributed by atoms with Crippen LogP contribution in [0, 0.1) is 0 Å². The van der Waals surface area contributed by atoms with E-state index in [1.807, 2.05) is 19.0 Å². The number of nitrogens with two attached hydrogens (primary N) is 1. The largest absolute Gasteiger partial charge is 0.337 e. The van der Waals surface area contributed by atoms with Crippen molar-refractivity contribution in [3.63, 3.8) is 0 Å². The van der Waals surface area contributed by atoms with Gasteiger partial charge < -0.3 is 20.4 Å². The number of likely N-dealkylation sites (N-methyl/N-ethyl adjacent to an activating group) is 1. The normalized spacial score (nSPS) is 18.6. The van der Waals surface area contributed by atoms with Crippen molar-refractivity contribution in [1.29, 1.82) is 0 Å². The Morgan fingerprint density at radius 1 is 1.29 bits per heavy atom. The summed E-state index contributed by atoms with van der Waals surface area (Å²) >= 11 is 0. The predicted molar refractivity (Wildman–Crippen MR) is 69.8 cm³/mol. The van der Waals surface area contributed by atoms with Crippen molar-refractivity contribution in [1.82, 2.24) is 14.7 Å². The van der Waals surface area contributed by atoms with Gasteiger partial charge in [-0.05, 0) is 47.1 Å². The number of hydrogen-bond donors (Lipinski definition) is 1. The van der Waals surface area contributed by atoms with E-state index >= 15 is 0 Å². The minimum absolute atomic E-state index is 0.0846. The van der Waals surface area contributed by atoms with Crippen LogP contribution in [0.5, 0.6) is 0 Å². The summed E-state index contributed by atoms with van der Waals surface area (Å²) in [4.78, 5) is 18.3. The van der Waals surface area contributed by atoms with Crippen molar-refractivity contribution in [2.75, 3.05) is 53.9 Å². The zero-order valence-corrected chi connectivity index (χ0v) is 11.4. The first-order valence-electron chi connectivity index (χ1n) is 6.37. The van der Waals surface area contributed by atoms with Crippen LogP contribution < -0.4 is 5.73 Å². The Kier molecular flexibility index (Phi) is 5.88. The molecule has 0 saturated carbocycles. The molecule has 1 heterocycles. The van der Waals surface area contributed by atoms with Crippen molar-refractivity contribution < 1.29 is 4.79 Å². The summed E-state index contributed by atoms with van der Waals surface area (Å²) in [5.74, 6) is 0.0846. The van der Waals surface area contributed by atoms with Crippen molar-refractivity contribution in [2.24, 2.45) is 5.73 Å². The van der Waals surface area contributed by atoms with Crippen LogP contribution in [0.1, 0.15) is 12.8 Å². The van der Waals surface area contributed by atoms with E-state index in [-0.39, 0.29) is 12.5 Å². The maximum Gasteiger partial charge on any atom is 0.236 e. The lowest BCUT2D eigenvalue weighted by molar-refractivity contribution is -0.133. The Morgan fingerprint density at radius 3 is 2.35 bits per heavy atom. The molecule has 1 saturated heterocycles. The molecule has 2 N–H and O–H groups in total. The average Bonchev–Trinajstić information content (AvgIpc) is 2.30. The second-order valence-electron chi connectivity index (χ2n) is 5.13. The summed E-state index contributed by atoms with van der Waals surface area (Å²) in [7, 11) is 6.19. The second-order valence-corrected chi connectivity index (χ2v) is 5.13. The number of nitrogens with zero attached hydrogens (tertiary/aromatic N) is 3. The fraction of sp³-hybridized carbons (Fsp3) is 0.917. The maximum absolute atomic E-state index is 11.9. The molecule has 0 bridgehead atoms. The standard InChI is InChI=1S/C12H26N4O/c1-14(2)8-9-16(12(17)10-13)11-4-6-15(3)7-5-11/h11H,4-10,13H2,1-3H3. The minimum Gasteiger partial charge on any atom is -0.337 e. The number of carbonyl (C=O) groups excluding carboxylic acids is 1. The van der Waals surface area contributed by atoms with Gasteiger partial charge >= 0.3 is 0 Å². The second kappa shape index (κ2) is 6.93. The quantitative estimate of drug-likeness (QED) is 0.701. The predicted octanol–water partition coefficient (Wildman–Crippen LogP) is -0.570. The molecule has 1 amide bonds. The highest BCUT2D eigenvalue weighted by Gasteiger charge is 2.25. The fourth-order valence-electron chi connectivity index (χ4n) is 2.24. The number of amides is 1. The van der Waals surface area contributed by atoms with Crippen LogP contribution in [0.4, 0.5) is 0 Å². The van der Waals surface area contributed by atoms with Gasteiger partial charge in [0.1, 0.15) is 0 Å². The first-order valence-corrected chi connectivity index (χ1v) is 6.37. The summed E-state index contributed by atoms with van der Waals surface area (Å²) in [5, 5.41) is 0. The van der Waals surface area contributed by atoms with E-state index in [9.17, 15) is 4.79 Å². The van der Waals surface area contributed by atoms with Crippen LogP contribution in [-0.2, 0) is 4.79 Å². The lowest BCUT2D eigenvalue weighted by Gasteiger charge is -2.37. The molecule has 0 atom stereocenters. The van der Waals surface area contributed by atoms with Gasteiger partial charge in [-0.2, -0.15) is 0 Å². The molecule has 0 aromatic heterocycles. The summed E-state index contributed by atoms with van der Waals surface area (Å²) in [5.41, 5.74) is 5.50. The zero-order valence-electron chi connectivity index (χ0n) is 11.4. The molecule has 0 unspecified atom stereocenters. The van der Waals surface area contributed by atoms with Gasteiger partial charge in [-0.1, -0.05) is 0 Å². The molecule has 100 valence electrons. The molecule has 5 heteroatoms. The molecule has 0 aromatic rings. The van der Waals surface area contributed by atoms with Crippen LogP contribution in [0.25, 0.3) is 0 Å². The van der Waals surface area contributed by atoms with Crippen LogP contribution in [0.3, 0.4) is 0 Å². The van der Waals surface area contributed by atoms with E-state index in [0.717, 1.165) is 39.0 Å². The van der Waals surface area contributed by atoms with Crippen molar-refractivity contribution in [3.8, 4) is 0 Å². The third-order valence-electron chi connectivity index (χ3n) is 3.41. The van der Waals surface area contributed by atoms with Crippen LogP contribution in [-0.4, -0.2) is 80.5 Å². The average molecular weight is 242 g/mol. The number of piperidine rings is 1. The molecule has 1 rings (SSSR count). The van der Waals surface area contributed by atoms with Gasteiger partial charge in [-0.15, -0.1) is 0 Å². The SMILES string of the molecule is CN(C)CCN(C(=O)CN)C1CCN(C)CC1. The molecule has 0 spiro atoms. The molecular weight excluding hydrogens is 216 g/mol. The van der Waals surface area contributed by atoms with E-state index in [1.165, 1.54) is 0 Å². The van der Waals surface area contributed by atoms with E-state index in [2.05, 4.69) is 16.8 Å². The topological polar surface area (TPSA) is 52.8 Å². The molecule has 0 aromatic carbocycles. The van der Waals surface area contributed by atoms with Crippen molar-refractivity contribution in [3.05, 3.63) is 0 Å². The Labute approximate surface area is 105 Å². The Balaban J connectivity index is 2.53. The molecule has 17 heavy (non-hydrogen) atoms. The smallest absolute Gasteiger partial charge is 0.236 e. The number of carbonyl (C=O) groups is 1. The van der Waals surface area contributed by atoms with E-state index in [4.69, 9.17) is 5.73 Å². The summed E-state index contributed by atoms with van der Waals surface area (Å²) in [6, 6.07) is 0.377. The van der Waals surface area contributed by atoms with Crippen LogP contribution >= 0.6 is 0 Å². The Morgan fingerprint density at radius 2 is 1.88 bits per heavy atom. The van der Waals surface area contributed by atoms with E-state index < -0.39 is 0 Å². The lowest BCUT2D eigenvalue weighted by atomic mass is 10.0. The molecule has 5 nitrogen and oxygen atoms in total. The highest BCUT2D eigenvalue weighted by atomic mass is 16.2. The monoisotopic (exact) mass is 242 g/mol. The minimum atomic E-state index is 0.0846. The van der Waals surface area contributed by atoms with Gasteiger partial charge in [0, 0.05) is 19.1 Å². The summed E-state index contributed by atoms with van der Waals surface area (Å²) < 4.78 is 0. The molecule has 0 radical (unpaired) electrons. The molecule has 1 aliphatic rings. The summed E-state index contributed by atoms with van der Waals surface area (Å²) in [6.07, 6.45) is 2.13.